The minimum atomic E-state index is -0.681. The summed E-state index contributed by atoms with van der Waals surface area (Å²) in [6, 6.07) is 0.696. The second kappa shape index (κ2) is 5.47. The molecule has 0 aromatic rings. The predicted molar refractivity (Wildman–Crippen MR) is 59.7 cm³/mol. The molecule has 15 heavy (non-hydrogen) atoms. The van der Waals surface area contributed by atoms with Gasteiger partial charge in [-0.2, -0.15) is 0 Å². The average molecular weight is 214 g/mol. The zero-order chi connectivity index (χ0) is 11.3. The highest BCUT2D eigenvalue weighted by Crippen LogP contribution is 2.18. The van der Waals surface area contributed by atoms with Crippen molar-refractivity contribution in [2.75, 3.05) is 20.2 Å². The molecular formula is C11H22N2O2. The van der Waals surface area contributed by atoms with Crippen molar-refractivity contribution in [3.8, 4) is 0 Å². The number of nitrogens with one attached hydrogen (secondary N) is 2. The lowest BCUT2D eigenvalue weighted by Crippen LogP contribution is -2.47. The largest absolute Gasteiger partial charge is 0.369 e. The van der Waals surface area contributed by atoms with Crippen molar-refractivity contribution in [3.63, 3.8) is 0 Å². The Morgan fingerprint density at radius 1 is 1.47 bits per heavy atom. The SMILES string of the molecule is CCC(C)(OC)C(=O)NCCNC1CC1. The van der Waals surface area contributed by atoms with Crippen LogP contribution >= 0.6 is 0 Å². The van der Waals surface area contributed by atoms with Crippen LogP contribution in [0.4, 0.5) is 0 Å². The Morgan fingerprint density at radius 3 is 2.60 bits per heavy atom. The van der Waals surface area contributed by atoms with Gasteiger partial charge in [-0.05, 0) is 26.2 Å². The van der Waals surface area contributed by atoms with Crippen molar-refractivity contribution in [3.05, 3.63) is 0 Å². The van der Waals surface area contributed by atoms with E-state index in [2.05, 4.69) is 10.6 Å². The van der Waals surface area contributed by atoms with Gasteiger partial charge in [0.2, 0.25) is 0 Å². The van der Waals surface area contributed by atoms with Crippen LogP contribution in [0.15, 0.2) is 0 Å². The van der Waals surface area contributed by atoms with Gasteiger partial charge >= 0.3 is 0 Å². The van der Waals surface area contributed by atoms with Gasteiger partial charge in [0.25, 0.3) is 5.91 Å². The first-order valence-electron chi connectivity index (χ1n) is 5.69. The highest BCUT2D eigenvalue weighted by atomic mass is 16.5. The molecule has 1 fully saturated rings. The van der Waals surface area contributed by atoms with E-state index in [1.807, 2.05) is 13.8 Å². The molecule has 0 bridgehead atoms. The normalized spacial score (nSPS) is 19.7. The van der Waals surface area contributed by atoms with Gasteiger partial charge in [-0.3, -0.25) is 4.79 Å². The summed E-state index contributed by atoms with van der Waals surface area (Å²) < 4.78 is 5.21. The Bertz CT molecular complexity index is 211. The molecule has 0 saturated heterocycles. The van der Waals surface area contributed by atoms with Gasteiger partial charge in [0.1, 0.15) is 5.60 Å². The summed E-state index contributed by atoms with van der Waals surface area (Å²) in [5.41, 5.74) is -0.681. The average Bonchev–Trinajstić information content (AvgIpc) is 3.06. The first kappa shape index (κ1) is 12.5. The van der Waals surface area contributed by atoms with E-state index >= 15 is 0 Å². The molecule has 1 unspecified atom stereocenters. The van der Waals surface area contributed by atoms with Crippen LogP contribution in [0.3, 0.4) is 0 Å². The smallest absolute Gasteiger partial charge is 0.251 e. The second-order valence-corrected chi connectivity index (χ2v) is 4.27. The first-order valence-corrected chi connectivity index (χ1v) is 5.69. The minimum absolute atomic E-state index is 0.0231. The van der Waals surface area contributed by atoms with E-state index in [4.69, 9.17) is 4.74 Å². The van der Waals surface area contributed by atoms with Crippen molar-refractivity contribution in [1.82, 2.24) is 10.6 Å². The maximum Gasteiger partial charge on any atom is 0.251 e. The number of ether oxygens (including phenoxy) is 1. The quantitative estimate of drug-likeness (QED) is 0.612. The predicted octanol–water partition coefficient (Wildman–Crippen LogP) is 0.670. The van der Waals surface area contributed by atoms with Crippen LogP contribution in [0.2, 0.25) is 0 Å². The minimum Gasteiger partial charge on any atom is -0.369 e. The van der Waals surface area contributed by atoms with Gasteiger partial charge < -0.3 is 15.4 Å². The Labute approximate surface area is 91.8 Å². The second-order valence-electron chi connectivity index (χ2n) is 4.27. The zero-order valence-electron chi connectivity index (χ0n) is 9.93. The van der Waals surface area contributed by atoms with E-state index < -0.39 is 5.60 Å². The summed E-state index contributed by atoms with van der Waals surface area (Å²) in [7, 11) is 1.57. The van der Waals surface area contributed by atoms with Gasteiger partial charge in [0.15, 0.2) is 0 Å². The fourth-order valence-corrected chi connectivity index (χ4v) is 1.32. The van der Waals surface area contributed by atoms with E-state index in [1.54, 1.807) is 7.11 Å². The molecule has 0 aliphatic heterocycles. The summed E-state index contributed by atoms with van der Waals surface area (Å²) in [5, 5.41) is 6.23. The molecule has 1 atom stereocenters. The van der Waals surface area contributed by atoms with Crippen LogP contribution in [0.25, 0.3) is 0 Å². The van der Waals surface area contributed by atoms with E-state index in [1.165, 1.54) is 12.8 Å². The van der Waals surface area contributed by atoms with E-state index in [-0.39, 0.29) is 5.91 Å². The summed E-state index contributed by atoms with van der Waals surface area (Å²) in [6.45, 7) is 5.29. The van der Waals surface area contributed by atoms with Crippen molar-refractivity contribution in [2.24, 2.45) is 0 Å². The van der Waals surface area contributed by atoms with E-state index in [0.29, 0.717) is 19.0 Å². The molecule has 0 heterocycles. The molecule has 1 aliphatic carbocycles. The van der Waals surface area contributed by atoms with Gasteiger partial charge in [0, 0.05) is 26.2 Å². The van der Waals surface area contributed by atoms with Crippen molar-refractivity contribution >= 4 is 5.91 Å². The number of amides is 1. The highest BCUT2D eigenvalue weighted by Gasteiger charge is 2.30. The van der Waals surface area contributed by atoms with Crippen LogP contribution in [0.1, 0.15) is 33.1 Å². The van der Waals surface area contributed by atoms with Crippen molar-refractivity contribution in [2.45, 2.75) is 44.8 Å². The van der Waals surface area contributed by atoms with Gasteiger partial charge in [-0.1, -0.05) is 6.92 Å². The fraction of sp³-hybridized carbons (Fsp3) is 0.909. The molecule has 1 rings (SSSR count). The van der Waals surface area contributed by atoms with Crippen LogP contribution in [-0.2, 0) is 9.53 Å². The van der Waals surface area contributed by atoms with Crippen LogP contribution in [0.5, 0.6) is 0 Å². The third kappa shape index (κ3) is 3.80. The Balaban J connectivity index is 2.15. The summed E-state index contributed by atoms with van der Waals surface area (Å²) in [5.74, 6) is -0.0231. The lowest BCUT2D eigenvalue weighted by atomic mass is 10.0. The number of carbonyl (C=O) groups excluding carboxylic acids is 1. The molecule has 0 aromatic carbocycles. The molecule has 0 radical (unpaired) electrons. The molecule has 1 saturated carbocycles. The number of rotatable bonds is 7. The Hall–Kier alpha value is -0.610. The molecule has 4 nitrogen and oxygen atoms in total. The molecule has 2 N–H and O–H groups in total. The van der Waals surface area contributed by atoms with Crippen LogP contribution in [-0.4, -0.2) is 37.7 Å². The number of carbonyl (C=O) groups is 1. The Kier molecular flexibility index (Phi) is 4.54. The third-order valence-electron chi connectivity index (χ3n) is 3.03. The highest BCUT2D eigenvalue weighted by molar-refractivity contribution is 5.84. The van der Waals surface area contributed by atoms with Crippen LogP contribution < -0.4 is 10.6 Å². The van der Waals surface area contributed by atoms with Crippen molar-refractivity contribution in [1.29, 1.82) is 0 Å². The molecule has 88 valence electrons. The molecule has 1 amide bonds. The first-order chi connectivity index (χ1) is 7.12. The third-order valence-corrected chi connectivity index (χ3v) is 3.03. The standard InChI is InChI=1S/C11H22N2O2/c1-4-11(2,15-3)10(14)13-8-7-12-9-5-6-9/h9,12H,4-8H2,1-3H3,(H,13,14). The molecule has 0 aromatic heterocycles. The van der Waals surface area contributed by atoms with E-state index in [0.717, 1.165) is 6.54 Å². The maximum atomic E-state index is 11.7. The van der Waals surface area contributed by atoms with Crippen LogP contribution in [0, 0.1) is 0 Å². The molecule has 1 aliphatic rings. The molecular weight excluding hydrogens is 192 g/mol. The van der Waals surface area contributed by atoms with E-state index in [9.17, 15) is 4.79 Å². The Morgan fingerprint density at radius 2 is 2.13 bits per heavy atom. The summed E-state index contributed by atoms with van der Waals surface area (Å²) >= 11 is 0. The number of hydrogen-bond acceptors (Lipinski definition) is 3. The molecule has 4 heteroatoms. The maximum absolute atomic E-state index is 11.7. The topological polar surface area (TPSA) is 50.4 Å². The van der Waals surface area contributed by atoms with Gasteiger partial charge in [-0.25, -0.2) is 0 Å². The number of hydrogen-bond donors (Lipinski definition) is 2. The lowest BCUT2D eigenvalue weighted by Gasteiger charge is -2.25. The molecule has 0 spiro atoms. The van der Waals surface area contributed by atoms with Crippen molar-refractivity contribution < 1.29 is 9.53 Å². The summed E-state index contributed by atoms with van der Waals surface area (Å²) in [6.07, 6.45) is 3.24. The van der Waals surface area contributed by atoms with Gasteiger partial charge in [0.05, 0.1) is 0 Å². The monoisotopic (exact) mass is 214 g/mol. The zero-order valence-corrected chi connectivity index (χ0v) is 9.93. The summed E-state index contributed by atoms with van der Waals surface area (Å²) in [4.78, 5) is 11.7. The lowest BCUT2D eigenvalue weighted by molar-refractivity contribution is -0.141. The van der Waals surface area contributed by atoms with Gasteiger partial charge in [-0.15, -0.1) is 0 Å². The fourth-order valence-electron chi connectivity index (χ4n) is 1.32. The number of methoxy groups -OCH3 is 1.